The minimum absolute atomic E-state index is 0. The van der Waals surface area contributed by atoms with E-state index in [1.165, 1.54) is 0 Å². The van der Waals surface area contributed by atoms with Crippen LogP contribution in [0.2, 0.25) is 0 Å². The van der Waals surface area contributed by atoms with Crippen LogP contribution in [0.5, 0.6) is 5.75 Å². The molecule has 138 valence electrons. The lowest BCUT2D eigenvalue weighted by Gasteiger charge is -2.25. The molecule has 2 aromatic rings. The summed E-state index contributed by atoms with van der Waals surface area (Å²) in [5.41, 5.74) is 4.22. The number of allylic oxidation sites excluding steroid dienone is 1. The van der Waals surface area contributed by atoms with Gasteiger partial charge in [0.2, 0.25) is 5.91 Å². The second kappa shape index (κ2) is 8.68. The molecule has 0 heterocycles. The highest BCUT2D eigenvalue weighted by Gasteiger charge is 2.34. The fourth-order valence-electron chi connectivity index (χ4n) is 3.16. The summed E-state index contributed by atoms with van der Waals surface area (Å²) in [6, 6.07) is 14.1. The molecule has 1 fully saturated rings. The first-order chi connectivity index (χ1) is 12.2. The van der Waals surface area contributed by atoms with Gasteiger partial charge < -0.3 is 15.1 Å². The van der Waals surface area contributed by atoms with Gasteiger partial charge in [0, 0.05) is 17.2 Å². The van der Waals surface area contributed by atoms with E-state index in [1.54, 1.807) is 7.11 Å². The monoisotopic (exact) mass is 353 g/mol. The third-order valence-corrected chi connectivity index (χ3v) is 4.67. The van der Waals surface area contributed by atoms with Gasteiger partial charge >= 0.3 is 0 Å². The number of ether oxygens (including phenoxy) is 1. The van der Waals surface area contributed by atoms with E-state index in [0.29, 0.717) is 6.54 Å². The molecule has 0 radical (unpaired) electrons. The Hall–Kier alpha value is -2.59. The highest BCUT2D eigenvalue weighted by Crippen LogP contribution is 2.35. The summed E-state index contributed by atoms with van der Waals surface area (Å²) in [6.07, 6.45) is 6.09. The van der Waals surface area contributed by atoms with Gasteiger partial charge in [-0.05, 0) is 49.9 Å². The Morgan fingerprint density at radius 3 is 2.46 bits per heavy atom. The van der Waals surface area contributed by atoms with Crippen molar-refractivity contribution in [3.05, 3.63) is 65.2 Å². The molecule has 0 aromatic heterocycles. The van der Waals surface area contributed by atoms with Crippen molar-refractivity contribution < 1.29 is 15.0 Å². The van der Waals surface area contributed by atoms with Gasteiger partial charge in [0.1, 0.15) is 5.75 Å². The topological polar surface area (TPSA) is 61.0 Å². The van der Waals surface area contributed by atoms with Crippen molar-refractivity contribution in [3.8, 4) is 5.75 Å². The summed E-state index contributed by atoms with van der Waals surface area (Å²) < 4.78 is 5.68. The van der Waals surface area contributed by atoms with Crippen LogP contribution in [0.15, 0.2) is 48.5 Å². The summed E-state index contributed by atoms with van der Waals surface area (Å²) in [5, 5.41) is 0. The molecular weight excluding hydrogens is 326 g/mol. The fourth-order valence-corrected chi connectivity index (χ4v) is 3.16. The maximum atomic E-state index is 12.8. The van der Waals surface area contributed by atoms with Crippen LogP contribution in [0, 0.1) is 12.8 Å². The molecule has 0 aliphatic heterocycles. The number of carbonyl (C=O) groups is 1. The molecule has 1 saturated carbocycles. The zero-order chi connectivity index (χ0) is 17.8. The van der Waals surface area contributed by atoms with Crippen LogP contribution in [0.25, 0.3) is 6.08 Å². The van der Waals surface area contributed by atoms with E-state index in [2.05, 4.69) is 25.1 Å². The number of anilines is 1. The first-order valence-electron chi connectivity index (χ1n) is 8.81. The molecule has 4 heteroatoms. The molecule has 1 aliphatic carbocycles. The van der Waals surface area contributed by atoms with Crippen molar-refractivity contribution >= 4 is 17.7 Å². The van der Waals surface area contributed by atoms with Crippen molar-refractivity contribution in [1.29, 1.82) is 0 Å². The Bertz CT molecular complexity index is 779. The van der Waals surface area contributed by atoms with Crippen LogP contribution < -0.4 is 9.64 Å². The lowest BCUT2D eigenvalue weighted by Crippen LogP contribution is -2.31. The van der Waals surface area contributed by atoms with E-state index in [1.807, 2.05) is 48.2 Å². The number of para-hydroxylation sites is 1. The molecule has 0 atom stereocenters. The summed E-state index contributed by atoms with van der Waals surface area (Å²) in [7, 11) is 1.70. The number of hydrogen-bond acceptors (Lipinski definition) is 2. The fraction of sp³-hybridized carbons (Fsp3) is 0.318. The quantitative estimate of drug-likeness (QED) is 0.783. The lowest BCUT2D eigenvalue weighted by molar-refractivity contribution is -0.119. The van der Waals surface area contributed by atoms with E-state index in [9.17, 15) is 4.79 Å². The third kappa shape index (κ3) is 4.14. The molecule has 4 nitrogen and oxygen atoms in total. The number of benzene rings is 2. The van der Waals surface area contributed by atoms with Crippen LogP contribution in [0.3, 0.4) is 0 Å². The summed E-state index contributed by atoms with van der Waals surface area (Å²) >= 11 is 0. The lowest BCUT2D eigenvalue weighted by atomic mass is 10.0. The van der Waals surface area contributed by atoms with E-state index in [4.69, 9.17) is 4.74 Å². The largest absolute Gasteiger partial charge is 0.496 e. The van der Waals surface area contributed by atoms with Gasteiger partial charge in [-0.25, -0.2) is 0 Å². The molecular formula is C22H27NO3. The number of hydrogen-bond donors (Lipinski definition) is 0. The van der Waals surface area contributed by atoms with E-state index >= 15 is 0 Å². The molecule has 0 spiro atoms. The normalized spacial score (nSPS) is 13.3. The van der Waals surface area contributed by atoms with Crippen molar-refractivity contribution in [3.63, 3.8) is 0 Å². The minimum atomic E-state index is 0. The molecule has 2 N–H and O–H groups in total. The molecule has 0 saturated heterocycles. The van der Waals surface area contributed by atoms with Crippen LogP contribution in [0.1, 0.15) is 36.5 Å². The number of methoxy groups -OCH3 is 1. The zero-order valence-corrected chi connectivity index (χ0v) is 15.7. The Balaban J connectivity index is 0.00000243. The predicted octanol–water partition coefficient (Wildman–Crippen LogP) is 4.16. The summed E-state index contributed by atoms with van der Waals surface area (Å²) in [6.45, 7) is 4.60. The predicted molar refractivity (Wildman–Crippen MR) is 106 cm³/mol. The highest BCUT2D eigenvalue weighted by atomic mass is 16.5. The number of amides is 1. The number of carbonyl (C=O) groups excluding carboxylic acids is 1. The Labute approximate surface area is 155 Å². The maximum absolute atomic E-state index is 12.8. The Morgan fingerprint density at radius 2 is 1.88 bits per heavy atom. The van der Waals surface area contributed by atoms with Crippen molar-refractivity contribution in [2.75, 3.05) is 12.0 Å². The molecule has 1 amide bonds. The Morgan fingerprint density at radius 1 is 1.19 bits per heavy atom. The van der Waals surface area contributed by atoms with Crippen LogP contribution >= 0.6 is 0 Å². The van der Waals surface area contributed by atoms with Gasteiger partial charge in [0.15, 0.2) is 0 Å². The van der Waals surface area contributed by atoms with Gasteiger partial charge in [-0.15, -0.1) is 0 Å². The van der Waals surface area contributed by atoms with Gasteiger partial charge in [-0.2, -0.15) is 0 Å². The van der Waals surface area contributed by atoms with Crippen molar-refractivity contribution in [2.45, 2.75) is 33.2 Å². The molecule has 1 aliphatic rings. The minimum Gasteiger partial charge on any atom is -0.496 e. The van der Waals surface area contributed by atoms with Crippen molar-refractivity contribution in [2.24, 2.45) is 5.92 Å². The Kier molecular flexibility index (Phi) is 6.58. The molecule has 2 aromatic carbocycles. The molecule has 3 rings (SSSR count). The first kappa shape index (κ1) is 19.7. The van der Waals surface area contributed by atoms with Crippen LogP contribution in [0.4, 0.5) is 5.69 Å². The average Bonchev–Trinajstić information content (AvgIpc) is 3.47. The van der Waals surface area contributed by atoms with Crippen LogP contribution in [-0.2, 0) is 11.3 Å². The third-order valence-electron chi connectivity index (χ3n) is 4.67. The molecule has 0 bridgehead atoms. The molecule has 0 unspecified atom stereocenters. The van der Waals surface area contributed by atoms with E-state index in [0.717, 1.165) is 41.0 Å². The first-order valence-corrected chi connectivity index (χ1v) is 8.81. The van der Waals surface area contributed by atoms with E-state index < -0.39 is 0 Å². The van der Waals surface area contributed by atoms with Gasteiger partial charge in [-0.1, -0.05) is 42.5 Å². The van der Waals surface area contributed by atoms with Gasteiger partial charge in [-0.3, -0.25) is 4.79 Å². The zero-order valence-electron chi connectivity index (χ0n) is 15.7. The second-order valence-corrected chi connectivity index (χ2v) is 6.51. The van der Waals surface area contributed by atoms with Gasteiger partial charge in [0.05, 0.1) is 13.7 Å². The van der Waals surface area contributed by atoms with E-state index in [-0.39, 0.29) is 17.3 Å². The summed E-state index contributed by atoms with van der Waals surface area (Å²) in [5.74, 6) is 1.25. The molecule has 26 heavy (non-hydrogen) atoms. The highest BCUT2D eigenvalue weighted by molar-refractivity contribution is 5.96. The number of rotatable bonds is 6. The van der Waals surface area contributed by atoms with Crippen molar-refractivity contribution in [1.82, 2.24) is 0 Å². The average molecular weight is 353 g/mol. The SMILES string of the molecule is C/C=C\c1ccc(CN(C(=O)C2CC2)c2ccccc2)c(OC)c1C.O. The van der Waals surface area contributed by atoms with Crippen LogP contribution in [-0.4, -0.2) is 18.5 Å². The maximum Gasteiger partial charge on any atom is 0.230 e. The summed E-state index contributed by atoms with van der Waals surface area (Å²) in [4.78, 5) is 14.7. The second-order valence-electron chi connectivity index (χ2n) is 6.51. The smallest absolute Gasteiger partial charge is 0.230 e. The number of nitrogens with zero attached hydrogens (tertiary/aromatic N) is 1. The standard InChI is InChI=1S/C22H25NO2.H2O/c1-4-8-17-11-14-19(21(25-3)16(17)2)15-23(22(24)18-12-13-18)20-9-6-5-7-10-20;/h4-11,14,18H,12-13,15H2,1-3H3;1H2/b8-4-;. The van der Waals surface area contributed by atoms with Gasteiger partial charge in [0.25, 0.3) is 0 Å².